The van der Waals surface area contributed by atoms with E-state index >= 15 is 0 Å². The number of anilines is 1. The highest BCUT2D eigenvalue weighted by atomic mass is 16.2. The van der Waals surface area contributed by atoms with Crippen LogP contribution in [0.1, 0.15) is 24.8 Å². The summed E-state index contributed by atoms with van der Waals surface area (Å²) in [7, 11) is 0. The lowest BCUT2D eigenvalue weighted by Gasteiger charge is -2.18. The molecule has 0 spiro atoms. The van der Waals surface area contributed by atoms with Crippen molar-refractivity contribution in [3.8, 4) is 0 Å². The number of aromatic nitrogens is 1. The van der Waals surface area contributed by atoms with Crippen molar-refractivity contribution < 1.29 is 4.79 Å². The number of amides is 1. The van der Waals surface area contributed by atoms with E-state index in [0.29, 0.717) is 23.6 Å². The number of carbonyl (C=O) groups excluding carboxylic acids is 1. The van der Waals surface area contributed by atoms with Crippen molar-refractivity contribution in [3.05, 3.63) is 51.5 Å². The van der Waals surface area contributed by atoms with E-state index in [0.717, 1.165) is 30.7 Å². The Morgan fingerprint density at radius 3 is 2.79 bits per heavy atom. The molecule has 1 aliphatic carbocycles. The van der Waals surface area contributed by atoms with Crippen LogP contribution in [0.2, 0.25) is 0 Å². The van der Waals surface area contributed by atoms with Gasteiger partial charge in [0.15, 0.2) is 0 Å². The van der Waals surface area contributed by atoms with Crippen LogP contribution in [-0.2, 0) is 4.79 Å². The summed E-state index contributed by atoms with van der Waals surface area (Å²) in [5.41, 5.74) is 8.27. The van der Waals surface area contributed by atoms with Gasteiger partial charge in [0.05, 0.1) is 12.1 Å². The van der Waals surface area contributed by atoms with E-state index in [1.54, 1.807) is 6.07 Å². The Labute approximate surface area is 169 Å². The van der Waals surface area contributed by atoms with Gasteiger partial charge in [-0.3, -0.25) is 14.6 Å². The Hall–Kier alpha value is -2.87. The molecule has 1 aromatic heterocycles. The van der Waals surface area contributed by atoms with Crippen LogP contribution < -0.4 is 16.6 Å². The van der Waals surface area contributed by atoms with Gasteiger partial charge < -0.3 is 25.8 Å². The number of hydrogen-bond donors (Lipinski definition) is 3. The van der Waals surface area contributed by atoms with E-state index in [-0.39, 0.29) is 23.6 Å². The number of fused-ring (bicyclic) bond motifs is 2. The van der Waals surface area contributed by atoms with Gasteiger partial charge in [-0.15, -0.1) is 0 Å². The van der Waals surface area contributed by atoms with Crippen LogP contribution in [0.5, 0.6) is 0 Å². The molecule has 2 atom stereocenters. The largest absolute Gasteiger partial charge is 0.398 e. The molecule has 5 rings (SSSR count). The zero-order valence-electron chi connectivity index (χ0n) is 16.4. The molecule has 2 unspecified atom stereocenters. The Morgan fingerprint density at radius 1 is 1.17 bits per heavy atom. The number of nitrogen functional groups attached to an aromatic ring is 1. The van der Waals surface area contributed by atoms with Gasteiger partial charge in [0.2, 0.25) is 0 Å². The Bertz CT molecular complexity index is 985. The van der Waals surface area contributed by atoms with Crippen molar-refractivity contribution in [2.24, 2.45) is 4.99 Å². The minimum atomic E-state index is -0.268. The second kappa shape index (κ2) is 7.18. The maximum atomic E-state index is 12.9. The lowest BCUT2D eigenvalue weighted by atomic mass is 9.94. The summed E-state index contributed by atoms with van der Waals surface area (Å²) in [6, 6.07) is 1.40. The van der Waals surface area contributed by atoms with E-state index < -0.39 is 0 Å². The summed E-state index contributed by atoms with van der Waals surface area (Å²) in [5, 5.41) is 3.27. The Balaban J connectivity index is 1.29. The first-order valence-electron chi connectivity index (χ1n) is 10.4. The highest BCUT2D eigenvalue weighted by Gasteiger charge is 2.38. The maximum Gasteiger partial charge on any atom is 0.261 e. The molecule has 0 radical (unpaired) electrons. The van der Waals surface area contributed by atoms with Crippen molar-refractivity contribution in [2.75, 3.05) is 38.5 Å². The molecule has 8 heteroatoms. The molecule has 152 valence electrons. The number of nitrogens with two attached hydrogens (primary N) is 1. The lowest BCUT2D eigenvalue weighted by Crippen LogP contribution is -2.37. The summed E-state index contributed by atoms with van der Waals surface area (Å²) < 4.78 is 0. The van der Waals surface area contributed by atoms with Crippen LogP contribution in [-0.4, -0.2) is 71.3 Å². The smallest absolute Gasteiger partial charge is 0.261 e. The van der Waals surface area contributed by atoms with Crippen molar-refractivity contribution in [3.63, 3.8) is 0 Å². The quantitative estimate of drug-likeness (QED) is 0.663. The van der Waals surface area contributed by atoms with Crippen molar-refractivity contribution in [1.82, 2.24) is 20.1 Å². The number of rotatable bonds is 5. The molecular formula is C21H26N6O2. The van der Waals surface area contributed by atoms with Gasteiger partial charge in [0, 0.05) is 30.5 Å². The van der Waals surface area contributed by atoms with E-state index in [9.17, 15) is 9.59 Å². The van der Waals surface area contributed by atoms with Gasteiger partial charge in [0.25, 0.3) is 11.5 Å². The third-order valence-electron chi connectivity index (χ3n) is 6.22. The number of amidine groups is 1. The van der Waals surface area contributed by atoms with E-state index in [2.05, 4.69) is 26.3 Å². The molecule has 8 nitrogen and oxygen atoms in total. The zero-order valence-corrected chi connectivity index (χ0v) is 16.4. The molecule has 4 heterocycles. The number of likely N-dealkylation sites (tertiary alicyclic amines) is 2. The van der Waals surface area contributed by atoms with E-state index in [1.165, 1.54) is 32.1 Å². The summed E-state index contributed by atoms with van der Waals surface area (Å²) in [5.74, 6) is 0.589. The topological polar surface area (TPSA) is 107 Å². The molecule has 4 aliphatic rings. The van der Waals surface area contributed by atoms with Crippen molar-refractivity contribution in [2.45, 2.75) is 31.3 Å². The Morgan fingerprint density at radius 2 is 2.00 bits per heavy atom. The number of nitrogens with one attached hydrogen (secondary N) is 2. The fourth-order valence-electron chi connectivity index (χ4n) is 4.71. The molecule has 29 heavy (non-hydrogen) atoms. The second-order valence-electron chi connectivity index (χ2n) is 8.18. The number of carbonyl (C=O) groups is 1. The van der Waals surface area contributed by atoms with Gasteiger partial charge in [-0.05, 0) is 56.6 Å². The third-order valence-corrected chi connectivity index (χ3v) is 6.22. The van der Waals surface area contributed by atoms with Gasteiger partial charge in [-0.25, -0.2) is 0 Å². The molecule has 1 aromatic rings. The molecule has 0 bridgehead atoms. The molecule has 1 amide bonds. The molecule has 4 N–H and O–H groups in total. The van der Waals surface area contributed by atoms with Gasteiger partial charge >= 0.3 is 0 Å². The predicted molar refractivity (Wildman–Crippen MR) is 112 cm³/mol. The van der Waals surface area contributed by atoms with Crippen LogP contribution in [0.15, 0.2) is 45.3 Å². The molecule has 2 saturated heterocycles. The molecule has 3 aliphatic heterocycles. The Kier molecular flexibility index (Phi) is 4.50. The number of aliphatic imine (C=N–C) groups is 1. The lowest BCUT2D eigenvalue weighted by molar-refractivity contribution is -0.124. The fourth-order valence-corrected chi connectivity index (χ4v) is 4.71. The first-order valence-corrected chi connectivity index (χ1v) is 10.4. The van der Waals surface area contributed by atoms with Gasteiger partial charge in [-0.2, -0.15) is 0 Å². The summed E-state index contributed by atoms with van der Waals surface area (Å²) in [6.45, 7) is 4.88. The molecule has 0 aromatic carbocycles. The van der Waals surface area contributed by atoms with Crippen LogP contribution in [0.4, 0.5) is 5.69 Å². The average Bonchev–Trinajstić information content (AvgIpc) is 3.40. The number of pyridine rings is 1. The first kappa shape index (κ1) is 18.2. The van der Waals surface area contributed by atoms with Crippen LogP contribution >= 0.6 is 0 Å². The highest BCUT2D eigenvalue weighted by molar-refractivity contribution is 6.06. The second-order valence-corrected chi connectivity index (χ2v) is 8.18. The number of hydrogen-bond acceptors (Lipinski definition) is 6. The normalized spacial score (nSPS) is 26.0. The summed E-state index contributed by atoms with van der Waals surface area (Å²) in [4.78, 5) is 36.8. The first-order chi connectivity index (χ1) is 14.1. The van der Waals surface area contributed by atoms with Crippen LogP contribution in [0.25, 0.3) is 0 Å². The third kappa shape index (κ3) is 3.27. The van der Waals surface area contributed by atoms with Crippen LogP contribution in [0.3, 0.4) is 0 Å². The minimum Gasteiger partial charge on any atom is -0.398 e. The van der Waals surface area contributed by atoms with Gasteiger partial charge in [0.1, 0.15) is 11.4 Å². The SMILES string of the molecule is Nc1cc[nH]c(=O)c1C1=NC2C=C3CN(CCCN4CCCC4)C(=O)C3=CC2N1. The number of H-pyrrole nitrogens is 1. The van der Waals surface area contributed by atoms with Crippen molar-refractivity contribution in [1.29, 1.82) is 0 Å². The van der Waals surface area contributed by atoms with E-state index in [4.69, 9.17) is 5.73 Å². The minimum absolute atomic E-state index is 0.100. The summed E-state index contributed by atoms with van der Waals surface area (Å²) in [6.07, 6.45) is 9.14. The zero-order chi connectivity index (χ0) is 20.0. The molecule has 2 fully saturated rings. The summed E-state index contributed by atoms with van der Waals surface area (Å²) >= 11 is 0. The standard InChI is InChI=1S/C21H26N6O2/c22-15-4-5-23-20(28)18(15)19-24-16-10-13-12-27(9-3-8-26-6-1-2-7-26)21(29)14(13)11-17(16)25-19/h4-5,10-11,16-17H,1-3,6-9,12H2,(H,24,25)(H3,22,23,28). The number of aromatic amines is 1. The van der Waals surface area contributed by atoms with E-state index in [1.807, 2.05) is 11.0 Å². The van der Waals surface area contributed by atoms with Crippen LogP contribution in [0, 0.1) is 0 Å². The number of nitrogens with zero attached hydrogens (tertiary/aromatic N) is 3. The monoisotopic (exact) mass is 394 g/mol. The fraction of sp³-hybridized carbons (Fsp3) is 0.476. The predicted octanol–water partition coefficient (Wildman–Crippen LogP) is 0.239. The molecular weight excluding hydrogens is 368 g/mol. The maximum absolute atomic E-state index is 12.9. The van der Waals surface area contributed by atoms with Crippen molar-refractivity contribution >= 4 is 17.4 Å². The average molecular weight is 394 g/mol. The molecule has 0 saturated carbocycles. The highest BCUT2D eigenvalue weighted by Crippen LogP contribution is 2.31. The van der Waals surface area contributed by atoms with Gasteiger partial charge in [-0.1, -0.05) is 6.08 Å².